The van der Waals surface area contributed by atoms with Crippen LogP contribution in [0.4, 0.5) is 5.69 Å². The van der Waals surface area contributed by atoms with E-state index in [-0.39, 0.29) is 22.8 Å². The molecule has 7 nitrogen and oxygen atoms in total. The Morgan fingerprint density at radius 1 is 1.06 bits per heavy atom. The van der Waals surface area contributed by atoms with Gasteiger partial charge in [0, 0.05) is 17.3 Å². The first-order valence-corrected chi connectivity index (χ1v) is 11.9. The average molecular weight is 444 g/mol. The van der Waals surface area contributed by atoms with Crippen LogP contribution in [0.2, 0.25) is 0 Å². The number of rotatable bonds is 9. The van der Waals surface area contributed by atoms with Crippen molar-refractivity contribution >= 4 is 27.5 Å². The number of carbonyl (C=O) groups excluding carboxylic acids is 2. The van der Waals surface area contributed by atoms with Crippen LogP contribution in [0.3, 0.4) is 0 Å². The van der Waals surface area contributed by atoms with Crippen molar-refractivity contribution in [1.29, 1.82) is 0 Å². The van der Waals surface area contributed by atoms with E-state index >= 15 is 0 Å². The second-order valence-corrected chi connectivity index (χ2v) is 10.1. The van der Waals surface area contributed by atoms with E-state index in [0.29, 0.717) is 17.7 Å². The molecule has 0 spiro atoms. The number of sulfonamides is 1. The maximum Gasteiger partial charge on any atom is 0.251 e. The van der Waals surface area contributed by atoms with Crippen LogP contribution in [-0.2, 0) is 14.8 Å². The Balaban J connectivity index is 1.74. The van der Waals surface area contributed by atoms with Crippen molar-refractivity contribution in [2.75, 3.05) is 5.32 Å². The topological polar surface area (TPSA) is 104 Å². The monoisotopic (exact) mass is 443 g/mol. The third-order valence-corrected chi connectivity index (χ3v) is 6.44. The zero-order valence-corrected chi connectivity index (χ0v) is 18.8. The molecule has 31 heavy (non-hydrogen) atoms. The van der Waals surface area contributed by atoms with Crippen LogP contribution in [0.1, 0.15) is 49.0 Å². The SMILES string of the molecule is Cc1ccc(S(=O)(=O)NC(CC(C)C)C(=O)Nc2cccc(C(=O)NC3CC3)c2)cc1. The van der Waals surface area contributed by atoms with Crippen LogP contribution >= 0.6 is 0 Å². The van der Waals surface area contributed by atoms with Crippen LogP contribution < -0.4 is 15.4 Å². The van der Waals surface area contributed by atoms with Crippen molar-refractivity contribution in [1.82, 2.24) is 10.0 Å². The summed E-state index contributed by atoms with van der Waals surface area (Å²) in [5.74, 6) is -0.561. The van der Waals surface area contributed by atoms with Gasteiger partial charge in [0.1, 0.15) is 6.04 Å². The first-order chi connectivity index (χ1) is 14.6. The number of amides is 2. The molecule has 2 aromatic carbocycles. The molecule has 8 heteroatoms. The van der Waals surface area contributed by atoms with Gasteiger partial charge >= 0.3 is 0 Å². The number of benzene rings is 2. The molecule has 1 atom stereocenters. The van der Waals surface area contributed by atoms with Gasteiger partial charge in [-0.3, -0.25) is 9.59 Å². The van der Waals surface area contributed by atoms with Crippen LogP contribution in [0.5, 0.6) is 0 Å². The number of aryl methyl sites for hydroxylation is 1. The van der Waals surface area contributed by atoms with Crippen LogP contribution in [-0.4, -0.2) is 32.3 Å². The van der Waals surface area contributed by atoms with E-state index in [4.69, 9.17) is 0 Å². The predicted molar refractivity (Wildman–Crippen MR) is 120 cm³/mol. The molecule has 1 aliphatic carbocycles. The lowest BCUT2D eigenvalue weighted by Crippen LogP contribution is -2.44. The Labute approximate surface area is 183 Å². The first-order valence-electron chi connectivity index (χ1n) is 10.4. The van der Waals surface area contributed by atoms with E-state index in [1.807, 2.05) is 20.8 Å². The molecule has 2 amide bonds. The smallest absolute Gasteiger partial charge is 0.251 e. The predicted octanol–water partition coefficient (Wildman–Crippen LogP) is 3.22. The van der Waals surface area contributed by atoms with Crippen molar-refractivity contribution in [2.45, 2.75) is 57.0 Å². The summed E-state index contributed by atoms with van der Waals surface area (Å²) in [5, 5.41) is 5.66. The summed E-state index contributed by atoms with van der Waals surface area (Å²) in [6.45, 7) is 5.71. The summed E-state index contributed by atoms with van der Waals surface area (Å²) in [5.41, 5.74) is 1.84. The fourth-order valence-electron chi connectivity index (χ4n) is 3.12. The van der Waals surface area contributed by atoms with Gasteiger partial charge in [0.2, 0.25) is 15.9 Å². The van der Waals surface area contributed by atoms with Gasteiger partial charge in [-0.05, 0) is 62.4 Å². The van der Waals surface area contributed by atoms with Gasteiger partial charge in [0.25, 0.3) is 5.91 Å². The largest absolute Gasteiger partial charge is 0.349 e. The molecule has 0 radical (unpaired) electrons. The Bertz CT molecular complexity index is 1040. The molecule has 0 aromatic heterocycles. The minimum Gasteiger partial charge on any atom is -0.349 e. The first kappa shape index (κ1) is 23.0. The minimum atomic E-state index is -3.86. The fraction of sp³-hybridized carbons (Fsp3) is 0.391. The summed E-state index contributed by atoms with van der Waals surface area (Å²) in [4.78, 5) is 25.3. The van der Waals surface area contributed by atoms with Gasteiger partial charge in [-0.25, -0.2) is 8.42 Å². The van der Waals surface area contributed by atoms with Crippen molar-refractivity contribution in [3.05, 3.63) is 59.7 Å². The lowest BCUT2D eigenvalue weighted by molar-refractivity contribution is -0.118. The Kier molecular flexibility index (Phi) is 7.12. The summed E-state index contributed by atoms with van der Waals surface area (Å²) in [6, 6.07) is 12.4. The second-order valence-electron chi connectivity index (χ2n) is 8.43. The molecule has 3 N–H and O–H groups in total. The number of hydrogen-bond donors (Lipinski definition) is 3. The number of anilines is 1. The van der Waals surface area contributed by atoms with E-state index in [9.17, 15) is 18.0 Å². The molecule has 1 saturated carbocycles. The fourth-order valence-corrected chi connectivity index (χ4v) is 4.33. The lowest BCUT2D eigenvalue weighted by atomic mass is 10.0. The Morgan fingerprint density at radius 3 is 2.35 bits per heavy atom. The van der Waals surface area contributed by atoms with Crippen molar-refractivity contribution in [3.63, 3.8) is 0 Å². The van der Waals surface area contributed by atoms with Gasteiger partial charge in [0.15, 0.2) is 0 Å². The van der Waals surface area contributed by atoms with Gasteiger partial charge in [-0.1, -0.05) is 37.6 Å². The summed E-state index contributed by atoms with van der Waals surface area (Å²) in [6.07, 6.45) is 2.30. The standard InChI is InChI=1S/C23H29N3O4S/c1-15(2)13-21(26-31(29,30)20-11-7-16(3)8-12-20)23(28)25-19-6-4-5-17(14-19)22(27)24-18-9-10-18/h4-8,11-12,14-15,18,21,26H,9-10,13H2,1-3H3,(H,24,27)(H,25,28). The highest BCUT2D eigenvalue weighted by Gasteiger charge is 2.27. The summed E-state index contributed by atoms with van der Waals surface area (Å²) in [7, 11) is -3.86. The molecule has 3 rings (SSSR count). The van der Waals surface area contributed by atoms with Crippen molar-refractivity contribution < 1.29 is 18.0 Å². The van der Waals surface area contributed by atoms with E-state index in [1.165, 1.54) is 12.1 Å². The van der Waals surface area contributed by atoms with E-state index in [1.54, 1.807) is 36.4 Å². The van der Waals surface area contributed by atoms with Gasteiger partial charge in [-0.2, -0.15) is 4.72 Å². The molecule has 0 aliphatic heterocycles. The third-order valence-electron chi connectivity index (χ3n) is 4.96. The highest BCUT2D eigenvalue weighted by Crippen LogP contribution is 2.20. The molecule has 166 valence electrons. The lowest BCUT2D eigenvalue weighted by Gasteiger charge is -2.20. The zero-order chi connectivity index (χ0) is 22.6. The molecule has 1 aliphatic rings. The van der Waals surface area contributed by atoms with Crippen LogP contribution in [0, 0.1) is 12.8 Å². The molecule has 0 saturated heterocycles. The molecule has 0 bridgehead atoms. The highest BCUT2D eigenvalue weighted by molar-refractivity contribution is 7.89. The van der Waals surface area contributed by atoms with Gasteiger partial charge in [0.05, 0.1) is 4.90 Å². The zero-order valence-electron chi connectivity index (χ0n) is 18.0. The van der Waals surface area contributed by atoms with Crippen LogP contribution in [0.15, 0.2) is 53.4 Å². The molecule has 2 aromatic rings. The van der Waals surface area contributed by atoms with E-state index in [0.717, 1.165) is 18.4 Å². The van der Waals surface area contributed by atoms with Gasteiger partial charge < -0.3 is 10.6 Å². The maximum atomic E-state index is 12.9. The summed E-state index contributed by atoms with van der Waals surface area (Å²) < 4.78 is 28.1. The normalized spacial score (nSPS) is 14.8. The maximum absolute atomic E-state index is 12.9. The molecule has 1 fully saturated rings. The number of carbonyl (C=O) groups is 2. The third kappa shape index (κ3) is 6.63. The number of nitrogens with one attached hydrogen (secondary N) is 3. The van der Waals surface area contributed by atoms with E-state index in [2.05, 4.69) is 15.4 Å². The molecular formula is C23H29N3O4S. The van der Waals surface area contributed by atoms with Crippen molar-refractivity contribution in [3.8, 4) is 0 Å². The Hall–Kier alpha value is -2.71. The second kappa shape index (κ2) is 9.62. The minimum absolute atomic E-state index is 0.0899. The van der Waals surface area contributed by atoms with Crippen LogP contribution in [0.25, 0.3) is 0 Å². The molecular weight excluding hydrogens is 414 g/mol. The number of hydrogen-bond acceptors (Lipinski definition) is 4. The molecule has 0 heterocycles. The highest BCUT2D eigenvalue weighted by atomic mass is 32.2. The molecule has 1 unspecified atom stereocenters. The van der Waals surface area contributed by atoms with Gasteiger partial charge in [-0.15, -0.1) is 0 Å². The summed E-state index contributed by atoms with van der Waals surface area (Å²) >= 11 is 0. The van der Waals surface area contributed by atoms with E-state index < -0.39 is 22.0 Å². The van der Waals surface area contributed by atoms with Crippen molar-refractivity contribution in [2.24, 2.45) is 5.92 Å². The quantitative estimate of drug-likeness (QED) is 0.553. The Morgan fingerprint density at radius 2 is 1.74 bits per heavy atom. The average Bonchev–Trinajstić information content (AvgIpc) is 3.51.